The van der Waals surface area contributed by atoms with Gasteiger partial charge in [-0.1, -0.05) is 12.1 Å². The number of nitrogens with one attached hydrogen (secondary N) is 1. The maximum Gasteiger partial charge on any atom is 0.251 e. The van der Waals surface area contributed by atoms with Crippen molar-refractivity contribution in [3.8, 4) is 11.4 Å². The summed E-state index contributed by atoms with van der Waals surface area (Å²) in [7, 11) is 0. The second-order valence-electron chi connectivity index (χ2n) is 6.73. The molecule has 0 saturated carbocycles. The number of carbonyl (C=O) groups is 1. The van der Waals surface area contributed by atoms with E-state index >= 15 is 0 Å². The number of halogens is 1. The molecule has 1 N–H and O–H groups in total. The molecule has 0 spiro atoms. The largest absolute Gasteiger partial charge is 0.279 e. The van der Waals surface area contributed by atoms with E-state index in [9.17, 15) is 9.18 Å². The van der Waals surface area contributed by atoms with Gasteiger partial charge in [-0.3, -0.25) is 14.8 Å². The number of nitrogens with zero attached hydrogens (tertiary/aromatic N) is 5. The Morgan fingerprint density at radius 2 is 2.19 bits per heavy atom. The van der Waals surface area contributed by atoms with Gasteiger partial charge in [-0.25, -0.2) is 4.39 Å². The second-order valence-corrected chi connectivity index (χ2v) is 6.73. The monoisotopic (exact) mass is 366 g/mol. The summed E-state index contributed by atoms with van der Waals surface area (Å²) in [4.78, 5) is 19.0. The standard InChI is InChI=1S/C19H19FN6O/c1-12-9-13(4-5-16(12)20)10-14-3-2-8-26(18(14)27)19-23-17(24-25-19)15-6-7-21-22-11-15/h4-7,9,11,14H,2-3,8,10H2,1H3,(H,23,24,25). The Morgan fingerprint density at radius 1 is 1.30 bits per heavy atom. The highest BCUT2D eigenvalue weighted by Crippen LogP contribution is 2.26. The number of amides is 1. The number of rotatable bonds is 4. The second kappa shape index (κ2) is 7.22. The van der Waals surface area contributed by atoms with Gasteiger partial charge in [-0.2, -0.15) is 15.2 Å². The van der Waals surface area contributed by atoms with Gasteiger partial charge in [0.15, 0.2) is 5.82 Å². The highest BCUT2D eigenvalue weighted by Gasteiger charge is 2.32. The van der Waals surface area contributed by atoms with Crippen molar-refractivity contribution in [1.29, 1.82) is 0 Å². The predicted octanol–water partition coefficient (Wildman–Crippen LogP) is 2.69. The van der Waals surface area contributed by atoms with E-state index in [4.69, 9.17) is 0 Å². The summed E-state index contributed by atoms with van der Waals surface area (Å²) in [5.74, 6) is 0.528. The van der Waals surface area contributed by atoms with Gasteiger partial charge in [0.2, 0.25) is 5.91 Å². The molecule has 0 radical (unpaired) electrons. The average Bonchev–Trinajstić information content (AvgIpc) is 3.17. The molecule has 1 aromatic carbocycles. The van der Waals surface area contributed by atoms with E-state index in [0.717, 1.165) is 24.0 Å². The van der Waals surface area contributed by atoms with Gasteiger partial charge in [0.25, 0.3) is 5.95 Å². The van der Waals surface area contributed by atoms with E-state index in [1.807, 2.05) is 6.07 Å². The first-order valence-electron chi connectivity index (χ1n) is 8.87. The first-order chi connectivity index (χ1) is 13.1. The fraction of sp³-hybridized carbons (Fsp3) is 0.316. The number of anilines is 1. The molecular weight excluding hydrogens is 347 g/mol. The van der Waals surface area contributed by atoms with Gasteiger partial charge >= 0.3 is 0 Å². The minimum Gasteiger partial charge on any atom is -0.279 e. The van der Waals surface area contributed by atoms with Crippen LogP contribution >= 0.6 is 0 Å². The van der Waals surface area contributed by atoms with E-state index in [1.165, 1.54) is 6.07 Å². The van der Waals surface area contributed by atoms with Crippen LogP contribution in [0.3, 0.4) is 0 Å². The van der Waals surface area contributed by atoms with Crippen molar-refractivity contribution in [1.82, 2.24) is 25.4 Å². The molecule has 138 valence electrons. The fourth-order valence-electron chi connectivity index (χ4n) is 3.39. The van der Waals surface area contributed by atoms with Crippen LogP contribution in [-0.2, 0) is 11.2 Å². The van der Waals surface area contributed by atoms with Gasteiger partial charge < -0.3 is 0 Å². The lowest BCUT2D eigenvalue weighted by Gasteiger charge is -2.30. The van der Waals surface area contributed by atoms with Crippen molar-refractivity contribution < 1.29 is 9.18 Å². The fourth-order valence-corrected chi connectivity index (χ4v) is 3.39. The number of carbonyl (C=O) groups excluding carboxylic acids is 1. The lowest BCUT2D eigenvalue weighted by Crippen LogP contribution is -2.42. The molecule has 1 aliphatic rings. The maximum absolute atomic E-state index is 13.5. The van der Waals surface area contributed by atoms with E-state index in [0.29, 0.717) is 30.3 Å². The van der Waals surface area contributed by atoms with Crippen molar-refractivity contribution >= 4 is 11.9 Å². The molecule has 3 heterocycles. The van der Waals surface area contributed by atoms with Crippen LogP contribution < -0.4 is 4.90 Å². The number of hydrogen-bond donors (Lipinski definition) is 1. The Balaban J connectivity index is 1.52. The van der Waals surface area contributed by atoms with Crippen LogP contribution in [0.2, 0.25) is 0 Å². The number of piperidine rings is 1. The van der Waals surface area contributed by atoms with Crippen LogP contribution in [0.4, 0.5) is 10.3 Å². The minimum absolute atomic E-state index is 0.00151. The molecule has 1 aliphatic heterocycles. The predicted molar refractivity (Wildman–Crippen MR) is 97.3 cm³/mol. The number of aryl methyl sites for hydroxylation is 1. The summed E-state index contributed by atoms with van der Waals surface area (Å²) in [6.07, 6.45) is 5.42. The van der Waals surface area contributed by atoms with Crippen molar-refractivity contribution in [3.05, 3.63) is 53.6 Å². The van der Waals surface area contributed by atoms with Gasteiger partial charge in [0.05, 0.1) is 12.4 Å². The Labute approximate surface area is 155 Å². The molecule has 3 aromatic rings. The number of H-pyrrole nitrogens is 1. The molecule has 27 heavy (non-hydrogen) atoms. The summed E-state index contributed by atoms with van der Waals surface area (Å²) in [5.41, 5.74) is 2.32. The number of aromatic nitrogens is 5. The molecule has 0 aliphatic carbocycles. The third-order valence-electron chi connectivity index (χ3n) is 4.83. The Morgan fingerprint density at radius 3 is 2.96 bits per heavy atom. The Bertz CT molecular complexity index is 958. The quantitative estimate of drug-likeness (QED) is 0.767. The van der Waals surface area contributed by atoms with Crippen molar-refractivity contribution in [2.75, 3.05) is 11.4 Å². The summed E-state index contributed by atoms with van der Waals surface area (Å²) in [6.45, 7) is 2.32. The lowest BCUT2D eigenvalue weighted by molar-refractivity contribution is -0.123. The smallest absolute Gasteiger partial charge is 0.251 e. The highest BCUT2D eigenvalue weighted by atomic mass is 19.1. The first-order valence-corrected chi connectivity index (χ1v) is 8.87. The highest BCUT2D eigenvalue weighted by molar-refractivity contribution is 5.94. The van der Waals surface area contributed by atoms with Crippen molar-refractivity contribution in [2.24, 2.45) is 5.92 Å². The Kier molecular flexibility index (Phi) is 4.62. The number of aromatic amines is 1. The van der Waals surface area contributed by atoms with E-state index in [1.54, 1.807) is 36.4 Å². The molecule has 8 heteroatoms. The maximum atomic E-state index is 13.5. The normalized spacial score (nSPS) is 17.3. The molecule has 2 aromatic heterocycles. The zero-order valence-corrected chi connectivity index (χ0v) is 14.9. The van der Waals surface area contributed by atoms with Crippen LogP contribution in [0.15, 0.2) is 36.7 Å². The third kappa shape index (κ3) is 3.55. The Hall–Kier alpha value is -3.16. The lowest BCUT2D eigenvalue weighted by atomic mass is 9.90. The molecule has 1 atom stereocenters. The number of benzene rings is 1. The molecule has 1 saturated heterocycles. The zero-order chi connectivity index (χ0) is 18.8. The molecule has 1 unspecified atom stereocenters. The average molecular weight is 366 g/mol. The van der Waals surface area contributed by atoms with E-state index in [-0.39, 0.29) is 17.6 Å². The van der Waals surface area contributed by atoms with Crippen molar-refractivity contribution in [3.63, 3.8) is 0 Å². The topological polar surface area (TPSA) is 87.7 Å². The van der Waals surface area contributed by atoms with Crippen LogP contribution in [-0.4, -0.2) is 37.8 Å². The van der Waals surface area contributed by atoms with Crippen LogP contribution in [0.25, 0.3) is 11.4 Å². The molecule has 0 bridgehead atoms. The summed E-state index contributed by atoms with van der Waals surface area (Å²) >= 11 is 0. The summed E-state index contributed by atoms with van der Waals surface area (Å²) < 4.78 is 13.5. The van der Waals surface area contributed by atoms with Crippen LogP contribution in [0, 0.1) is 18.7 Å². The molecular formula is C19H19FN6O. The van der Waals surface area contributed by atoms with E-state index < -0.39 is 0 Å². The van der Waals surface area contributed by atoms with Gasteiger partial charge in [-0.15, -0.1) is 5.10 Å². The van der Waals surface area contributed by atoms with E-state index in [2.05, 4.69) is 25.4 Å². The molecule has 7 nitrogen and oxygen atoms in total. The van der Waals surface area contributed by atoms with Crippen LogP contribution in [0.5, 0.6) is 0 Å². The van der Waals surface area contributed by atoms with Gasteiger partial charge in [0, 0.05) is 18.0 Å². The first kappa shape index (κ1) is 17.3. The zero-order valence-electron chi connectivity index (χ0n) is 14.9. The van der Waals surface area contributed by atoms with Gasteiger partial charge in [0.1, 0.15) is 5.82 Å². The summed E-state index contributed by atoms with van der Waals surface area (Å²) in [5, 5.41) is 14.6. The number of hydrogen-bond acceptors (Lipinski definition) is 5. The van der Waals surface area contributed by atoms with Crippen LogP contribution in [0.1, 0.15) is 24.0 Å². The molecule has 4 rings (SSSR count). The molecule has 1 fully saturated rings. The van der Waals surface area contributed by atoms with Crippen molar-refractivity contribution in [2.45, 2.75) is 26.2 Å². The summed E-state index contributed by atoms with van der Waals surface area (Å²) in [6, 6.07) is 6.79. The molecule has 1 amide bonds. The SMILES string of the molecule is Cc1cc(CC2CCCN(c3n[nH]c(-c4ccnnc4)n3)C2=O)ccc1F. The van der Waals surface area contributed by atoms with Gasteiger partial charge in [-0.05, 0) is 49.4 Å². The minimum atomic E-state index is -0.228. The third-order valence-corrected chi connectivity index (χ3v) is 4.83.